The van der Waals surface area contributed by atoms with Gasteiger partial charge in [-0.1, -0.05) is 23.8 Å². The molecule has 130 valence electrons. The molecule has 1 N–H and O–H groups in total. The van der Waals surface area contributed by atoms with Gasteiger partial charge in [-0.05, 0) is 69.0 Å². The molecular formula is C20H22FN3S. The van der Waals surface area contributed by atoms with Crippen LogP contribution in [0.1, 0.15) is 23.5 Å². The molecule has 0 amide bonds. The highest BCUT2D eigenvalue weighted by molar-refractivity contribution is 7.80. The Labute approximate surface area is 153 Å². The van der Waals surface area contributed by atoms with Gasteiger partial charge in [0, 0.05) is 29.9 Å². The van der Waals surface area contributed by atoms with Crippen molar-refractivity contribution in [3.05, 3.63) is 59.4 Å². The zero-order valence-corrected chi connectivity index (χ0v) is 15.3. The molecule has 5 heteroatoms. The molecule has 0 radical (unpaired) electrons. The van der Waals surface area contributed by atoms with Crippen molar-refractivity contribution in [1.82, 2.24) is 4.90 Å². The van der Waals surface area contributed by atoms with Gasteiger partial charge in [0.15, 0.2) is 5.11 Å². The van der Waals surface area contributed by atoms with Crippen LogP contribution in [0.15, 0.2) is 42.5 Å². The molecular weight excluding hydrogens is 333 g/mol. The number of nitrogens with zero attached hydrogens (tertiary/aromatic N) is 2. The van der Waals surface area contributed by atoms with E-state index in [0.29, 0.717) is 22.8 Å². The molecule has 2 aromatic rings. The number of hydrogen-bond donors (Lipinski definition) is 1. The Morgan fingerprint density at radius 2 is 2.08 bits per heavy atom. The number of aryl methyl sites for hydroxylation is 1. The zero-order chi connectivity index (χ0) is 17.6. The summed E-state index contributed by atoms with van der Waals surface area (Å²) < 4.78 is 13.5. The van der Waals surface area contributed by atoms with E-state index in [1.54, 1.807) is 6.07 Å². The van der Waals surface area contributed by atoms with Crippen molar-refractivity contribution >= 4 is 28.7 Å². The van der Waals surface area contributed by atoms with E-state index < -0.39 is 0 Å². The predicted octanol–water partition coefficient (Wildman–Crippen LogP) is 4.14. The van der Waals surface area contributed by atoms with E-state index in [1.807, 2.05) is 6.07 Å². The number of thiocarbonyl (C=S) groups is 1. The fourth-order valence-corrected chi connectivity index (χ4v) is 4.45. The lowest BCUT2D eigenvalue weighted by Gasteiger charge is -2.37. The van der Waals surface area contributed by atoms with Gasteiger partial charge < -0.3 is 15.1 Å². The molecule has 3 nitrogen and oxygen atoms in total. The number of piperidine rings is 1. The van der Waals surface area contributed by atoms with Crippen molar-refractivity contribution in [3.63, 3.8) is 0 Å². The van der Waals surface area contributed by atoms with Gasteiger partial charge in [0.1, 0.15) is 5.82 Å². The molecule has 25 heavy (non-hydrogen) atoms. The summed E-state index contributed by atoms with van der Waals surface area (Å²) >= 11 is 5.72. The lowest BCUT2D eigenvalue weighted by Crippen LogP contribution is -2.48. The van der Waals surface area contributed by atoms with Crippen molar-refractivity contribution < 1.29 is 4.39 Å². The summed E-state index contributed by atoms with van der Waals surface area (Å²) in [6, 6.07) is 13.4. The number of fused-ring (bicyclic) bond motifs is 3. The summed E-state index contributed by atoms with van der Waals surface area (Å²) in [4.78, 5) is 4.63. The van der Waals surface area contributed by atoms with Crippen molar-refractivity contribution in [2.24, 2.45) is 0 Å². The number of hydrogen-bond acceptors (Lipinski definition) is 2. The standard InChI is InChI=1S/C20H22FN3S/c1-13-6-7-18-16(10-13)17-12-23(2)9-8-19(17)24(18)20(25)22-15-5-3-4-14(21)11-15/h3-7,10-11,17,19H,8-9,12H2,1-2H3,(H,22,25)/t17-,19+/m1/s1. The minimum atomic E-state index is -0.262. The molecule has 0 aromatic heterocycles. The quantitative estimate of drug-likeness (QED) is 0.775. The lowest BCUT2D eigenvalue weighted by molar-refractivity contribution is 0.237. The first kappa shape index (κ1) is 16.5. The second-order valence-corrected chi connectivity index (χ2v) is 7.48. The van der Waals surface area contributed by atoms with Crippen molar-refractivity contribution in [2.45, 2.75) is 25.3 Å². The van der Waals surface area contributed by atoms with Gasteiger partial charge in [0.05, 0.1) is 0 Å². The smallest absolute Gasteiger partial charge is 0.178 e. The average molecular weight is 355 g/mol. The van der Waals surface area contributed by atoms with E-state index in [1.165, 1.54) is 28.9 Å². The van der Waals surface area contributed by atoms with E-state index in [9.17, 15) is 4.39 Å². The molecule has 2 aromatic carbocycles. The minimum absolute atomic E-state index is 0.262. The van der Waals surface area contributed by atoms with Gasteiger partial charge in [-0.15, -0.1) is 0 Å². The summed E-state index contributed by atoms with van der Waals surface area (Å²) in [6.07, 6.45) is 1.07. The summed E-state index contributed by atoms with van der Waals surface area (Å²) in [5.41, 5.74) is 4.52. The zero-order valence-electron chi connectivity index (χ0n) is 14.5. The van der Waals surface area contributed by atoms with Crippen LogP contribution in [-0.4, -0.2) is 36.2 Å². The van der Waals surface area contributed by atoms with Crippen LogP contribution < -0.4 is 10.2 Å². The number of benzene rings is 2. The first-order chi connectivity index (χ1) is 12.0. The highest BCUT2D eigenvalue weighted by atomic mass is 32.1. The third-order valence-corrected chi connectivity index (χ3v) is 5.55. The molecule has 0 aliphatic carbocycles. The second-order valence-electron chi connectivity index (χ2n) is 7.10. The molecule has 0 saturated carbocycles. The molecule has 2 aliphatic heterocycles. The van der Waals surface area contributed by atoms with E-state index >= 15 is 0 Å². The van der Waals surface area contributed by atoms with Crippen LogP contribution in [0, 0.1) is 12.7 Å². The Morgan fingerprint density at radius 3 is 2.88 bits per heavy atom. The molecule has 2 atom stereocenters. The van der Waals surface area contributed by atoms with Crippen LogP contribution in [0.2, 0.25) is 0 Å². The van der Waals surface area contributed by atoms with Gasteiger partial charge >= 0.3 is 0 Å². The third kappa shape index (κ3) is 3.02. The molecule has 2 heterocycles. The van der Waals surface area contributed by atoms with Crippen molar-refractivity contribution in [2.75, 3.05) is 30.4 Å². The average Bonchev–Trinajstić information content (AvgIpc) is 2.88. The number of likely N-dealkylation sites (N-methyl/N-ethyl adjacent to an activating group) is 1. The van der Waals surface area contributed by atoms with Crippen LogP contribution in [-0.2, 0) is 0 Å². The summed E-state index contributed by atoms with van der Waals surface area (Å²) in [6.45, 7) is 4.24. The normalized spacial score (nSPS) is 22.4. The van der Waals surface area contributed by atoms with E-state index in [0.717, 1.165) is 19.5 Å². The van der Waals surface area contributed by atoms with Crippen molar-refractivity contribution in [1.29, 1.82) is 0 Å². The monoisotopic (exact) mass is 355 g/mol. The fraction of sp³-hybridized carbons (Fsp3) is 0.350. The molecule has 0 spiro atoms. The SMILES string of the molecule is Cc1ccc2c(c1)[C@H]1CN(C)CC[C@@H]1N2C(=S)Nc1cccc(F)c1. The van der Waals surface area contributed by atoms with Crippen LogP contribution in [0.25, 0.3) is 0 Å². The molecule has 1 fully saturated rings. The molecule has 0 bridgehead atoms. The van der Waals surface area contributed by atoms with Crippen LogP contribution in [0.3, 0.4) is 0 Å². The van der Waals surface area contributed by atoms with E-state index in [-0.39, 0.29) is 5.82 Å². The van der Waals surface area contributed by atoms with Gasteiger partial charge in [-0.3, -0.25) is 0 Å². The first-order valence-corrected chi connectivity index (χ1v) is 9.08. The number of rotatable bonds is 1. The maximum atomic E-state index is 13.5. The Hall–Kier alpha value is -1.98. The molecule has 2 aliphatic rings. The largest absolute Gasteiger partial charge is 0.332 e. The van der Waals surface area contributed by atoms with Crippen LogP contribution >= 0.6 is 12.2 Å². The summed E-state index contributed by atoms with van der Waals surface area (Å²) in [7, 11) is 2.18. The maximum Gasteiger partial charge on any atom is 0.178 e. The van der Waals surface area contributed by atoms with Gasteiger partial charge in [-0.25, -0.2) is 4.39 Å². The van der Waals surface area contributed by atoms with Gasteiger partial charge in [0.2, 0.25) is 0 Å². The Kier molecular flexibility index (Phi) is 4.21. The van der Waals surface area contributed by atoms with E-state index in [2.05, 4.69) is 47.3 Å². The molecule has 4 rings (SSSR count). The van der Waals surface area contributed by atoms with Crippen molar-refractivity contribution in [3.8, 4) is 0 Å². The summed E-state index contributed by atoms with van der Waals surface area (Å²) in [5, 5.41) is 3.87. The minimum Gasteiger partial charge on any atom is -0.332 e. The topological polar surface area (TPSA) is 18.5 Å². The Bertz CT molecular complexity index is 822. The fourth-order valence-electron chi connectivity index (χ4n) is 4.10. The highest BCUT2D eigenvalue weighted by Crippen LogP contribution is 2.45. The van der Waals surface area contributed by atoms with Gasteiger partial charge in [-0.2, -0.15) is 0 Å². The van der Waals surface area contributed by atoms with Crippen LogP contribution in [0.5, 0.6) is 0 Å². The number of nitrogens with one attached hydrogen (secondary N) is 1. The van der Waals surface area contributed by atoms with E-state index in [4.69, 9.17) is 12.2 Å². The number of anilines is 2. The predicted molar refractivity (Wildman–Crippen MR) is 105 cm³/mol. The maximum absolute atomic E-state index is 13.5. The van der Waals surface area contributed by atoms with Gasteiger partial charge in [0.25, 0.3) is 0 Å². The highest BCUT2D eigenvalue weighted by Gasteiger charge is 2.42. The lowest BCUT2D eigenvalue weighted by atomic mass is 9.89. The Balaban J connectivity index is 1.67. The van der Waals surface area contributed by atoms with Crippen LogP contribution in [0.4, 0.5) is 15.8 Å². The first-order valence-electron chi connectivity index (χ1n) is 8.68. The summed E-state index contributed by atoms with van der Waals surface area (Å²) in [5.74, 6) is 0.198. The third-order valence-electron chi connectivity index (χ3n) is 5.25. The Morgan fingerprint density at radius 1 is 1.24 bits per heavy atom. The number of likely N-dealkylation sites (tertiary alicyclic amines) is 1. The molecule has 1 saturated heterocycles. The second kappa shape index (κ2) is 6.39. The number of halogens is 1. The molecule has 0 unspecified atom stereocenters.